The molecule has 0 bridgehead atoms. The molecule has 0 aromatic heterocycles. The first-order valence-electron chi connectivity index (χ1n) is 7.70. The Bertz CT molecular complexity index is 345. The van der Waals surface area contributed by atoms with E-state index in [2.05, 4.69) is 36.8 Å². The van der Waals surface area contributed by atoms with Crippen LogP contribution >= 0.6 is 0 Å². The predicted octanol–water partition coefficient (Wildman–Crippen LogP) is 2.68. The summed E-state index contributed by atoms with van der Waals surface area (Å²) in [5.74, 6) is 0.927. The largest absolute Gasteiger partial charge is 0.339 e. The molecule has 0 aromatic carbocycles. The van der Waals surface area contributed by atoms with Gasteiger partial charge in [-0.15, -0.1) is 0 Å². The number of rotatable bonds is 5. The second-order valence-electron chi connectivity index (χ2n) is 6.39. The molecule has 0 N–H and O–H groups in total. The van der Waals surface area contributed by atoms with Crippen LogP contribution in [0.4, 0.5) is 0 Å². The summed E-state index contributed by atoms with van der Waals surface area (Å²) in [5, 5.41) is 0. The topological polar surface area (TPSA) is 23.6 Å². The van der Waals surface area contributed by atoms with Gasteiger partial charge in [-0.2, -0.15) is 0 Å². The summed E-state index contributed by atoms with van der Waals surface area (Å²) in [5.41, 5.74) is 1.40. The van der Waals surface area contributed by atoms with Crippen LogP contribution in [-0.2, 0) is 4.79 Å². The van der Waals surface area contributed by atoms with E-state index in [0.717, 1.165) is 26.1 Å². The maximum absolute atomic E-state index is 12.1. The Kier molecular flexibility index (Phi) is 5.03. The van der Waals surface area contributed by atoms with E-state index < -0.39 is 0 Å². The second-order valence-corrected chi connectivity index (χ2v) is 6.39. The van der Waals surface area contributed by atoms with Gasteiger partial charge in [0.2, 0.25) is 5.91 Å². The number of likely N-dealkylation sites (N-methyl/N-ethyl adjacent to an activating group) is 1. The van der Waals surface area contributed by atoms with Gasteiger partial charge in [0.25, 0.3) is 0 Å². The minimum absolute atomic E-state index is 0.396. The number of carbonyl (C=O) groups is 1. The van der Waals surface area contributed by atoms with E-state index in [4.69, 9.17) is 0 Å². The first kappa shape index (κ1) is 14.6. The first-order chi connectivity index (χ1) is 9.10. The Morgan fingerprint density at radius 3 is 2.74 bits per heavy atom. The molecule has 3 heteroatoms. The van der Waals surface area contributed by atoms with Crippen LogP contribution in [0.1, 0.15) is 46.0 Å². The highest BCUT2D eigenvalue weighted by molar-refractivity contribution is 5.79. The molecule has 1 aliphatic carbocycles. The summed E-state index contributed by atoms with van der Waals surface area (Å²) in [6.45, 7) is 7.30. The van der Waals surface area contributed by atoms with Crippen molar-refractivity contribution < 1.29 is 4.79 Å². The zero-order valence-electron chi connectivity index (χ0n) is 12.7. The first-order valence-corrected chi connectivity index (χ1v) is 7.70. The quantitative estimate of drug-likeness (QED) is 0.713. The second kappa shape index (κ2) is 6.56. The number of likely N-dealkylation sites (tertiary alicyclic amines) is 1. The Balaban J connectivity index is 1.81. The summed E-state index contributed by atoms with van der Waals surface area (Å²) < 4.78 is 0. The van der Waals surface area contributed by atoms with Crippen molar-refractivity contribution >= 4 is 5.91 Å². The van der Waals surface area contributed by atoms with E-state index in [9.17, 15) is 4.79 Å². The summed E-state index contributed by atoms with van der Waals surface area (Å²) in [4.78, 5) is 16.7. The van der Waals surface area contributed by atoms with Gasteiger partial charge in [0.15, 0.2) is 0 Å². The normalized spacial score (nSPS) is 25.9. The molecule has 1 saturated heterocycles. The van der Waals surface area contributed by atoms with Crippen molar-refractivity contribution in [2.24, 2.45) is 5.92 Å². The fraction of sp³-hybridized carbons (Fsp3) is 0.812. The number of hydrogen-bond acceptors (Lipinski definition) is 2. The Morgan fingerprint density at radius 2 is 2.11 bits per heavy atom. The van der Waals surface area contributed by atoms with Gasteiger partial charge in [-0.05, 0) is 39.7 Å². The summed E-state index contributed by atoms with van der Waals surface area (Å²) in [6, 6.07) is 0.556. The molecule has 1 unspecified atom stereocenters. The molecule has 2 aliphatic rings. The Labute approximate surface area is 117 Å². The Hall–Kier alpha value is -0.830. The van der Waals surface area contributed by atoms with Crippen molar-refractivity contribution in [2.75, 3.05) is 26.7 Å². The van der Waals surface area contributed by atoms with Crippen LogP contribution in [0, 0.1) is 5.92 Å². The lowest BCUT2D eigenvalue weighted by atomic mass is 10.1. The summed E-state index contributed by atoms with van der Waals surface area (Å²) >= 11 is 0. The third-order valence-electron chi connectivity index (χ3n) is 4.59. The Morgan fingerprint density at radius 1 is 1.42 bits per heavy atom. The van der Waals surface area contributed by atoms with Crippen molar-refractivity contribution in [2.45, 2.75) is 52.0 Å². The van der Waals surface area contributed by atoms with Crippen LogP contribution in [-0.4, -0.2) is 48.4 Å². The van der Waals surface area contributed by atoms with Crippen molar-refractivity contribution in [1.29, 1.82) is 0 Å². The van der Waals surface area contributed by atoms with Crippen LogP contribution in [0.5, 0.6) is 0 Å². The van der Waals surface area contributed by atoms with Crippen LogP contribution in [0.2, 0.25) is 0 Å². The molecular formula is C16H28N2O. The zero-order valence-corrected chi connectivity index (χ0v) is 12.7. The third kappa shape index (κ3) is 3.82. The SMILES string of the molecule is C/C=C(\C)CN(C)CC1CC(=O)N(C2CCCC2)C1. The van der Waals surface area contributed by atoms with E-state index in [-0.39, 0.29) is 0 Å². The maximum atomic E-state index is 12.1. The highest BCUT2D eigenvalue weighted by Gasteiger charge is 2.35. The third-order valence-corrected chi connectivity index (χ3v) is 4.59. The fourth-order valence-electron chi connectivity index (χ4n) is 3.52. The van der Waals surface area contributed by atoms with Gasteiger partial charge in [-0.3, -0.25) is 4.79 Å². The highest BCUT2D eigenvalue weighted by Crippen LogP contribution is 2.29. The molecule has 0 spiro atoms. The van der Waals surface area contributed by atoms with Crippen LogP contribution in [0.15, 0.2) is 11.6 Å². The average Bonchev–Trinajstić information content (AvgIpc) is 2.98. The van der Waals surface area contributed by atoms with Gasteiger partial charge < -0.3 is 9.80 Å². The molecule has 1 saturated carbocycles. The molecule has 1 aliphatic heterocycles. The van der Waals surface area contributed by atoms with E-state index in [1.54, 1.807) is 0 Å². The lowest BCUT2D eigenvalue weighted by molar-refractivity contribution is -0.129. The van der Waals surface area contributed by atoms with Gasteiger partial charge in [0.1, 0.15) is 0 Å². The number of hydrogen-bond donors (Lipinski definition) is 0. The minimum atomic E-state index is 0.396. The van der Waals surface area contributed by atoms with Gasteiger partial charge in [0.05, 0.1) is 0 Å². The summed E-state index contributed by atoms with van der Waals surface area (Å²) in [7, 11) is 2.16. The number of allylic oxidation sites excluding steroid dienone is 1. The van der Waals surface area contributed by atoms with Crippen molar-refractivity contribution in [3.8, 4) is 0 Å². The van der Waals surface area contributed by atoms with Gasteiger partial charge in [-0.25, -0.2) is 0 Å². The van der Waals surface area contributed by atoms with E-state index >= 15 is 0 Å². The lowest BCUT2D eigenvalue weighted by Crippen LogP contribution is -2.35. The van der Waals surface area contributed by atoms with Gasteiger partial charge in [-0.1, -0.05) is 24.5 Å². The number of nitrogens with zero attached hydrogens (tertiary/aromatic N) is 2. The smallest absolute Gasteiger partial charge is 0.223 e. The predicted molar refractivity (Wildman–Crippen MR) is 79.0 cm³/mol. The standard InChI is InChI=1S/C16H28N2O/c1-4-13(2)10-17(3)11-14-9-16(19)18(12-14)15-7-5-6-8-15/h4,14-15H,5-12H2,1-3H3/b13-4+. The van der Waals surface area contributed by atoms with Crippen molar-refractivity contribution in [3.05, 3.63) is 11.6 Å². The van der Waals surface area contributed by atoms with Gasteiger partial charge >= 0.3 is 0 Å². The molecular weight excluding hydrogens is 236 g/mol. The number of amides is 1. The molecule has 1 heterocycles. The van der Waals surface area contributed by atoms with E-state index in [1.165, 1.54) is 31.3 Å². The zero-order chi connectivity index (χ0) is 13.8. The average molecular weight is 264 g/mol. The van der Waals surface area contributed by atoms with Crippen LogP contribution in [0.3, 0.4) is 0 Å². The molecule has 1 atom stereocenters. The molecule has 2 rings (SSSR count). The van der Waals surface area contributed by atoms with Crippen LogP contribution < -0.4 is 0 Å². The van der Waals surface area contributed by atoms with Gasteiger partial charge in [0, 0.05) is 32.1 Å². The molecule has 2 fully saturated rings. The van der Waals surface area contributed by atoms with E-state index in [1.807, 2.05) is 0 Å². The highest BCUT2D eigenvalue weighted by atomic mass is 16.2. The minimum Gasteiger partial charge on any atom is -0.339 e. The van der Waals surface area contributed by atoms with Crippen LogP contribution in [0.25, 0.3) is 0 Å². The maximum Gasteiger partial charge on any atom is 0.223 e. The molecule has 19 heavy (non-hydrogen) atoms. The molecule has 0 aromatic rings. The molecule has 108 valence electrons. The molecule has 3 nitrogen and oxygen atoms in total. The lowest BCUT2D eigenvalue weighted by Gasteiger charge is -2.25. The van der Waals surface area contributed by atoms with E-state index in [0.29, 0.717) is 17.9 Å². The fourth-order valence-corrected chi connectivity index (χ4v) is 3.52. The van der Waals surface area contributed by atoms with Crippen molar-refractivity contribution in [1.82, 2.24) is 9.80 Å². The number of carbonyl (C=O) groups excluding carboxylic acids is 1. The summed E-state index contributed by atoms with van der Waals surface area (Å²) in [6.07, 6.45) is 7.99. The monoisotopic (exact) mass is 264 g/mol. The molecule has 0 radical (unpaired) electrons. The molecule has 1 amide bonds. The van der Waals surface area contributed by atoms with Crippen molar-refractivity contribution in [3.63, 3.8) is 0 Å².